The topological polar surface area (TPSA) is 81.2 Å². The van der Waals surface area contributed by atoms with Crippen molar-refractivity contribution >= 4 is 15.8 Å². The average Bonchev–Trinajstić information content (AvgIpc) is 2.21. The van der Waals surface area contributed by atoms with Crippen molar-refractivity contribution in [3.63, 3.8) is 0 Å². The summed E-state index contributed by atoms with van der Waals surface area (Å²) in [5.41, 5.74) is 0.802. The third-order valence-electron chi connectivity index (χ3n) is 2.16. The molecule has 0 aliphatic carbocycles. The van der Waals surface area contributed by atoms with Crippen LogP contribution in [0, 0.1) is 6.92 Å². The Labute approximate surface area is 114 Å². The van der Waals surface area contributed by atoms with Gasteiger partial charge in [-0.15, -0.1) is 0 Å². The van der Waals surface area contributed by atoms with E-state index in [0.717, 1.165) is 5.69 Å². The van der Waals surface area contributed by atoms with Gasteiger partial charge in [-0.1, -0.05) is 0 Å². The lowest BCUT2D eigenvalue weighted by Gasteiger charge is -2.11. The maximum atomic E-state index is 11.0. The van der Waals surface area contributed by atoms with E-state index in [4.69, 9.17) is 4.74 Å². The van der Waals surface area contributed by atoms with Crippen molar-refractivity contribution in [1.82, 2.24) is 9.97 Å². The van der Waals surface area contributed by atoms with Gasteiger partial charge in [0.1, 0.15) is 9.84 Å². The maximum absolute atomic E-state index is 11.0. The highest BCUT2D eigenvalue weighted by Crippen LogP contribution is 2.13. The monoisotopic (exact) mass is 287 g/mol. The SMILES string of the molecule is Cc1cc(OC(C)C)nc(NCCCS(C)(=O)=O)n1. The number of aryl methyl sites for hydroxylation is 1. The summed E-state index contributed by atoms with van der Waals surface area (Å²) in [5.74, 6) is 1.14. The van der Waals surface area contributed by atoms with Crippen LogP contribution in [0.1, 0.15) is 26.0 Å². The van der Waals surface area contributed by atoms with Crippen molar-refractivity contribution < 1.29 is 13.2 Å². The lowest BCUT2D eigenvalue weighted by Crippen LogP contribution is -2.13. The van der Waals surface area contributed by atoms with E-state index in [-0.39, 0.29) is 11.9 Å². The molecule has 0 spiro atoms. The van der Waals surface area contributed by atoms with Crippen molar-refractivity contribution in [2.75, 3.05) is 23.9 Å². The van der Waals surface area contributed by atoms with Crippen LogP contribution in [0.3, 0.4) is 0 Å². The molecule has 1 heterocycles. The van der Waals surface area contributed by atoms with Crippen LogP contribution in [0.25, 0.3) is 0 Å². The molecule has 0 aliphatic heterocycles. The highest BCUT2D eigenvalue weighted by Gasteiger charge is 2.06. The van der Waals surface area contributed by atoms with Crippen molar-refractivity contribution in [3.8, 4) is 5.88 Å². The summed E-state index contributed by atoms with van der Waals surface area (Å²) in [7, 11) is -2.92. The normalized spacial score (nSPS) is 11.6. The number of nitrogens with zero attached hydrogens (tertiary/aromatic N) is 2. The zero-order valence-corrected chi connectivity index (χ0v) is 12.6. The molecule has 7 heteroatoms. The number of hydrogen-bond donors (Lipinski definition) is 1. The van der Waals surface area contributed by atoms with Crippen molar-refractivity contribution in [2.24, 2.45) is 0 Å². The minimum absolute atomic E-state index is 0.0485. The molecule has 0 aromatic carbocycles. The van der Waals surface area contributed by atoms with Crippen LogP contribution in [0.2, 0.25) is 0 Å². The molecule has 0 fully saturated rings. The fourth-order valence-electron chi connectivity index (χ4n) is 1.46. The smallest absolute Gasteiger partial charge is 0.226 e. The molecule has 1 aromatic rings. The molecule has 0 saturated carbocycles. The Morgan fingerprint density at radius 2 is 2.05 bits per heavy atom. The fraction of sp³-hybridized carbons (Fsp3) is 0.667. The van der Waals surface area contributed by atoms with Gasteiger partial charge in [-0.25, -0.2) is 13.4 Å². The van der Waals surface area contributed by atoms with E-state index in [2.05, 4.69) is 15.3 Å². The van der Waals surface area contributed by atoms with Crippen molar-refractivity contribution in [2.45, 2.75) is 33.3 Å². The second-order valence-electron chi connectivity index (χ2n) is 4.75. The Kier molecular flexibility index (Phi) is 5.53. The predicted octanol–water partition coefficient (Wildman–Crippen LogP) is 1.42. The van der Waals surface area contributed by atoms with Crippen LogP contribution in [0.5, 0.6) is 5.88 Å². The highest BCUT2D eigenvalue weighted by molar-refractivity contribution is 7.90. The van der Waals surface area contributed by atoms with Crippen LogP contribution in [-0.2, 0) is 9.84 Å². The van der Waals surface area contributed by atoms with Gasteiger partial charge in [-0.2, -0.15) is 4.98 Å². The molecular formula is C12H21N3O3S. The number of hydrogen-bond acceptors (Lipinski definition) is 6. The lowest BCUT2D eigenvalue weighted by molar-refractivity contribution is 0.232. The van der Waals surface area contributed by atoms with Gasteiger partial charge in [-0.3, -0.25) is 0 Å². The molecule has 1 N–H and O–H groups in total. The first-order chi connectivity index (χ1) is 8.76. The van der Waals surface area contributed by atoms with Gasteiger partial charge >= 0.3 is 0 Å². The third-order valence-corrected chi connectivity index (χ3v) is 3.19. The van der Waals surface area contributed by atoms with Crippen LogP contribution in [0.4, 0.5) is 5.95 Å². The summed E-state index contributed by atoms with van der Waals surface area (Å²) in [6.07, 6.45) is 1.80. The summed E-state index contributed by atoms with van der Waals surface area (Å²) in [6.45, 7) is 6.22. The summed E-state index contributed by atoms with van der Waals surface area (Å²) in [5, 5.41) is 3.01. The minimum atomic E-state index is -2.92. The Hall–Kier alpha value is -1.37. The molecular weight excluding hydrogens is 266 g/mol. The van der Waals surface area contributed by atoms with Gasteiger partial charge < -0.3 is 10.1 Å². The number of aromatic nitrogens is 2. The molecule has 0 amide bonds. The largest absolute Gasteiger partial charge is 0.475 e. The molecule has 108 valence electrons. The van der Waals surface area contributed by atoms with Crippen molar-refractivity contribution in [1.29, 1.82) is 0 Å². The van der Waals surface area contributed by atoms with E-state index in [1.165, 1.54) is 6.26 Å². The molecule has 0 atom stereocenters. The van der Waals surface area contributed by atoms with Crippen LogP contribution < -0.4 is 10.1 Å². The first-order valence-corrected chi connectivity index (χ1v) is 8.26. The third kappa shape index (κ3) is 6.95. The molecule has 0 aliphatic rings. The molecule has 0 saturated heterocycles. The summed E-state index contributed by atoms with van der Waals surface area (Å²) in [6, 6.07) is 1.77. The molecule has 0 bridgehead atoms. The number of sulfone groups is 1. The average molecular weight is 287 g/mol. The van der Waals surface area contributed by atoms with Crippen LogP contribution in [0.15, 0.2) is 6.07 Å². The number of nitrogens with one attached hydrogen (secondary N) is 1. The summed E-state index contributed by atoms with van der Waals surface area (Å²) >= 11 is 0. The van der Waals surface area contributed by atoms with Gasteiger partial charge in [-0.05, 0) is 27.2 Å². The number of rotatable bonds is 7. The first-order valence-electron chi connectivity index (χ1n) is 6.20. The summed E-state index contributed by atoms with van der Waals surface area (Å²) < 4.78 is 27.5. The molecule has 6 nitrogen and oxygen atoms in total. The van der Waals surface area contributed by atoms with Gasteiger partial charge in [0.2, 0.25) is 11.8 Å². The highest BCUT2D eigenvalue weighted by atomic mass is 32.2. The Morgan fingerprint density at radius 3 is 2.63 bits per heavy atom. The van der Waals surface area contributed by atoms with Crippen molar-refractivity contribution in [3.05, 3.63) is 11.8 Å². The zero-order chi connectivity index (χ0) is 14.5. The van der Waals surface area contributed by atoms with E-state index >= 15 is 0 Å². The molecule has 0 radical (unpaired) electrons. The quantitative estimate of drug-likeness (QED) is 0.764. The van der Waals surface area contributed by atoms with E-state index in [1.807, 2.05) is 20.8 Å². The standard InChI is InChI=1S/C12H21N3O3S/c1-9(2)18-11-8-10(3)14-12(15-11)13-6-5-7-19(4,16)17/h8-9H,5-7H2,1-4H3,(H,13,14,15). The maximum Gasteiger partial charge on any atom is 0.226 e. The molecule has 19 heavy (non-hydrogen) atoms. The van der Waals surface area contributed by atoms with Gasteiger partial charge in [0.15, 0.2) is 0 Å². The number of anilines is 1. The first kappa shape index (κ1) is 15.7. The zero-order valence-electron chi connectivity index (χ0n) is 11.8. The van der Waals surface area contributed by atoms with E-state index in [0.29, 0.717) is 24.8 Å². The van der Waals surface area contributed by atoms with E-state index < -0.39 is 9.84 Å². The Bertz CT molecular complexity index is 515. The number of ether oxygens (including phenoxy) is 1. The predicted molar refractivity (Wildman–Crippen MR) is 75.4 cm³/mol. The minimum Gasteiger partial charge on any atom is -0.475 e. The lowest BCUT2D eigenvalue weighted by atomic mass is 10.4. The van der Waals surface area contributed by atoms with Crippen LogP contribution in [-0.4, -0.2) is 43.0 Å². The second-order valence-corrected chi connectivity index (χ2v) is 7.01. The molecule has 0 unspecified atom stereocenters. The van der Waals surface area contributed by atoms with E-state index in [1.54, 1.807) is 6.07 Å². The molecule has 1 rings (SSSR count). The Morgan fingerprint density at radius 1 is 1.37 bits per heavy atom. The van der Waals surface area contributed by atoms with Gasteiger partial charge in [0, 0.05) is 24.6 Å². The fourth-order valence-corrected chi connectivity index (χ4v) is 2.12. The summed E-state index contributed by atoms with van der Waals surface area (Å²) in [4.78, 5) is 8.44. The molecule has 1 aromatic heterocycles. The second kappa shape index (κ2) is 6.70. The van der Waals surface area contributed by atoms with Gasteiger partial charge in [0.05, 0.1) is 11.9 Å². The Balaban J connectivity index is 2.56. The van der Waals surface area contributed by atoms with E-state index in [9.17, 15) is 8.42 Å². The van der Waals surface area contributed by atoms with Crippen LogP contribution >= 0.6 is 0 Å². The van der Waals surface area contributed by atoms with Gasteiger partial charge in [0.25, 0.3) is 0 Å².